The van der Waals surface area contributed by atoms with Gasteiger partial charge in [0.15, 0.2) is 0 Å². The van der Waals surface area contributed by atoms with Crippen LogP contribution >= 0.6 is 0 Å². The van der Waals surface area contributed by atoms with E-state index in [9.17, 15) is 23.3 Å². The van der Waals surface area contributed by atoms with Gasteiger partial charge in [0.05, 0.1) is 9.82 Å². The standard InChI is InChI=1S/C18H19N7O5S/c1-11-8-12(2)21-18(20-11)23-31(29,30)16-6-4-14(5-7-16)22-17(26)13(3)24-10-15(9-19-24)25(27)28/h4-10,13H,1-3H3,(H,22,26)(H,20,21,23). The fraction of sp³-hybridized carbons (Fsp3) is 0.222. The molecule has 2 N–H and O–H groups in total. The van der Waals surface area contributed by atoms with Crippen LogP contribution in [0.3, 0.4) is 0 Å². The number of hydrogen-bond acceptors (Lipinski definition) is 8. The summed E-state index contributed by atoms with van der Waals surface area (Å²) in [5.41, 5.74) is 1.37. The van der Waals surface area contributed by atoms with E-state index in [1.807, 2.05) is 0 Å². The van der Waals surface area contributed by atoms with E-state index < -0.39 is 26.9 Å². The summed E-state index contributed by atoms with van der Waals surface area (Å²) >= 11 is 0. The van der Waals surface area contributed by atoms with E-state index in [2.05, 4.69) is 25.1 Å². The van der Waals surface area contributed by atoms with Gasteiger partial charge in [-0.15, -0.1) is 0 Å². The first-order valence-electron chi connectivity index (χ1n) is 9.00. The molecule has 1 amide bonds. The molecule has 0 bridgehead atoms. The molecule has 0 saturated carbocycles. The molecule has 162 valence electrons. The van der Waals surface area contributed by atoms with E-state index in [0.29, 0.717) is 17.1 Å². The second kappa shape index (κ2) is 8.47. The van der Waals surface area contributed by atoms with Crippen LogP contribution in [0.2, 0.25) is 0 Å². The molecule has 1 atom stereocenters. The fourth-order valence-electron chi connectivity index (χ4n) is 2.67. The maximum Gasteiger partial charge on any atom is 0.307 e. The largest absolute Gasteiger partial charge is 0.324 e. The van der Waals surface area contributed by atoms with E-state index in [0.717, 1.165) is 12.4 Å². The van der Waals surface area contributed by atoms with Crippen molar-refractivity contribution in [2.45, 2.75) is 31.7 Å². The SMILES string of the molecule is Cc1cc(C)nc(NS(=O)(=O)c2ccc(NC(=O)C(C)n3cc([N+](=O)[O-])cn3)cc2)n1. The third-order valence-corrected chi connectivity index (χ3v) is 5.56. The molecule has 1 unspecified atom stereocenters. The molecule has 0 spiro atoms. The van der Waals surface area contributed by atoms with Gasteiger partial charge in [0.2, 0.25) is 11.9 Å². The van der Waals surface area contributed by atoms with Crippen LogP contribution in [0.4, 0.5) is 17.3 Å². The van der Waals surface area contributed by atoms with Crippen LogP contribution in [0.25, 0.3) is 0 Å². The van der Waals surface area contributed by atoms with Crippen LogP contribution in [-0.4, -0.2) is 39.0 Å². The van der Waals surface area contributed by atoms with Gasteiger partial charge in [0.1, 0.15) is 18.4 Å². The normalized spacial score (nSPS) is 12.2. The molecule has 12 nitrogen and oxygen atoms in total. The predicted molar refractivity (Wildman–Crippen MR) is 111 cm³/mol. The number of amides is 1. The van der Waals surface area contributed by atoms with Crippen molar-refractivity contribution in [2.75, 3.05) is 10.0 Å². The second-order valence-corrected chi connectivity index (χ2v) is 8.39. The predicted octanol–water partition coefficient (Wildman–Crippen LogP) is 2.20. The molecule has 3 rings (SSSR count). The zero-order chi connectivity index (χ0) is 22.8. The Morgan fingerprint density at radius 2 is 1.77 bits per heavy atom. The van der Waals surface area contributed by atoms with Gasteiger partial charge in [-0.25, -0.2) is 23.1 Å². The van der Waals surface area contributed by atoms with Gasteiger partial charge in [-0.05, 0) is 51.1 Å². The average Bonchev–Trinajstić information content (AvgIpc) is 3.17. The molecule has 0 aliphatic heterocycles. The number of rotatable bonds is 7. The lowest BCUT2D eigenvalue weighted by Crippen LogP contribution is -2.24. The highest BCUT2D eigenvalue weighted by molar-refractivity contribution is 7.92. The molecule has 0 fully saturated rings. The number of nitro groups is 1. The van der Waals surface area contributed by atoms with E-state index in [1.165, 1.54) is 35.9 Å². The number of aryl methyl sites for hydroxylation is 2. The van der Waals surface area contributed by atoms with Crippen LogP contribution in [0.5, 0.6) is 0 Å². The van der Waals surface area contributed by atoms with Crippen LogP contribution < -0.4 is 10.0 Å². The van der Waals surface area contributed by atoms with Crippen molar-refractivity contribution in [1.29, 1.82) is 0 Å². The Balaban J connectivity index is 1.70. The van der Waals surface area contributed by atoms with Crippen LogP contribution in [0.1, 0.15) is 24.4 Å². The molecule has 0 radical (unpaired) electrons. The Morgan fingerprint density at radius 1 is 1.16 bits per heavy atom. The van der Waals surface area contributed by atoms with Gasteiger partial charge in [-0.1, -0.05) is 0 Å². The minimum atomic E-state index is -3.92. The van der Waals surface area contributed by atoms with Crippen molar-refractivity contribution in [3.05, 3.63) is 64.2 Å². The summed E-state index contributed by atoms with van der Waals surface area (Å²) in [4.78, 5) is 30.6. The quantitative estimate of drug-likeness (QED) is 0.413. The lowest BCUT2D eigenvalue weighted by atomic mass is 10.2. The molecule has 0 aliphatic carbocycles. The summed E-state index contributed by atoms with van der Waals surface area (Å²) in [6.45, 7) is 4.98. The van der Waals surface area contributed by atoms with Crippen molar-refractivity contribution in [3.8, 4) is 0 Å². The molecule has 1 aromatic carbocycles. The Kier molecular flexibility index (Phi) is 5.97. The number of hydrogen-bond donors (Lipinski definition) is 2. The van der Waals surface area contributed by atoms with Gasteiger partial charge >= 0.3 is 5.69 Å². The zero-order valence-corrected chi connectivity index (χ0v) is 17.6. The number of carbonyl (C=O) groups excluding carboxylic acids is 1. The Bertz CT molecular complexity index is 1220. The number of sulfonamides is 1. The lowest BCUT2D eigenvalue weighted by molar-refractivity contribution is -0.385. The number of benzene rings is 1. The van der Waals surface area contributed by atoms with Crippen LogP contribution in [0.15, 0.2) is 47.6 Å². The second-order valence-electron chi connectivity index (χ2n) is 6.71. The van der Waals surface area contributed by atoms with E-state index >= 15 is 0 Å². The lowest BCUT2D eigenvalue weighted by Gasteiger charge is -2.13. The molecule has 2 aromatic heterocycles. The first kappa shape index (κ1) is 21.8. The highest BCUT2D eigenvalue weighted by atomic mass is 32.2. The molecule has 31 heavy (non-hydrogen) atoms. The molecular weight excluding hydrogens is 426 g/mol. The Hall–Kier alpha value is -3.87. The third kappa shape index (κ3) is 5.19. The van der Waals surface area contributed by atoms with Gasteiger partial charge in [-0.3, -0.25) is 19.6 Å². The minimum absolute atomic E-state index is 0.0305. The number of nitrogens with one attached hydrogen (secondary N) is 2. The maximum absolute atomic E-state index is 12.6. The molecule has 0 saturated heterocycles. The Labute approximate surface area is 177 Å². The summed E-state index contributed by atoms with van der Waals surface area (Å²) in [6, 6.07) is 6.40. The molecule has 3 aromatic rings. The molecule has 13 heteroatoms. The summed E-state index contributed by atoms with van der Waals surface area (Å²) in [7, 11) is -3.92. The zero-order valence-electron chi connectivity index (χ0n) is 16.8. The topological polar surface area (TPSA) is 162 Å². The number of carbonyl (C=O) groups is 1. The van der Waals surface area contributed by atoms with Gasteiger partial charge in [-0.2, -0.15) is 5.10 Å². The highest BCUT2D eigenvalue weighted by Crippen LogP contribution is 2.19. The minimum Gasteiger partial charge on any atom is -0.324 e. The summed E-state index contributed by atoms with van der Waals surface area (Å²) in [6.07, 6.45) is 2.20. The Morgan fingerprint density at radius 3 is 2.32 bits per heavy atom. The molecule has 0 aliphatic rings. The van der Waals surface area contributed by atoms with Crippen molar-refractivity contribution in [3.63, 3.8) is 0 Å². The van der Waals surface area contributed by atoms with Crippen LogP contribution in [0, 0.1) is 24.0 Å². The van der Waals surface area contributed by atoms with E-state index in [-0.39, 0.29) is 16.5 Å². The highest BCUT2D eigenvalue weighted by Gasteiger charge is 2.20. The first-order valence-corrected chi connectivity index (χ1v) is 10.5. The summed E-state index contributed by atoms with van der Waals surface area (Å²) in [5, 5.41) is 17.2. The summed E-state index contributed by atoms with van der Waals surface area (Å²) in [5.74, 6) is -0.507. The first-order chi connectivity index (χ1) is 14.5. The molecular formula is C18H19N7O5S. The van der Waals surface area contributed by atoms with E-state index in [4.69, 9.17) is 0 Å². The smallest absolute Gasteiger partial charge is 0.307 e. The van der Waals surface area contributed by atoms with Crippen molar-refractivity contribution in [1.82, 2.24) is 19.7 Å². The molecule has 2 heterocycles. The van der Waals surface area contributed by atoms with Gasteiger partial charge < -0.3 is 5.32 Å². The fourth-order valence-corrected chi connectivity index (χ4v) is 3.61. The average molecular weight is 445 g/mol. The van der Waals surface area contributed by atoms with Gasteiger partial charge in [0.25, 0.3) is 10.0 Å². The summed E-state index contributed by atoms with van der Waals surface area (Å²) < 4.78 is 28.6. The third-order valence-electron chi connectivity index (χ3n) is 4.22. The number of nitrogens with zero attached hydrogens (tertiary/aromatic N) is 5. The van der Waals surface area contributed by atoms with Crippen LogP contribution in [-0.2, 0) is 14.8 Å². The number of aromatic nitrogens is 4. The van der Waals surface area contributed by atoms with Crippen molar-refractivity contribution in [2.24, 2.45) is 0 Å². The van der Waals surface area contributed by atoms with Crippen molar-refractivity contribution < 1.29 is 18.1 Å². The number of anilines is 2. The van der Waals surface area contributed by atoms with Crippen molar-refractivity contribution >= 4 is 33.3 Å². The monoisotopic (exact) mass is 445 g/mol. The van der Waals surface area contributed by atoms with Gasteiger partial charge in [0, 0.05) is 17.1 Å². The maximum atomic E-state index is 12.6. The van der Waals surface area contributed by atoms with E-state index in [1.54, 1.807) is 19.9 Å².